The van der Waals surface area contributed by atoms with E-state index in [1.807, 2.05) is 32.0 Å². The normalized spacial score (nSPS) is 11.9. The largest absolute Gasteiger partial charge is 0.496 e. The first-order valence-corrected chi connectivity index (χ1v) is 7.36. The molecule has 1 atom stereocenters. The maximum absolute atomic E-state index is 11.1. The Bertz CT molecular complexity index is 689. The molecule has 0 fully saturated rings. The quantitative estimate of drug-likeness (QED) is 0.620. The Morgan fingerprint density at radius 3 is 1.86 bits per heavy atom. The van der Waals surface area contributed by atoms with Crippen LogP contribution < -0.4 is 9.47 Å². The molecule has 116 valence electrons. The van der Waals surface area contributed by atoms with Crippen LogP contribution in [0, 0.1) is 13.8 Å². The summed E-state index contributed by atoms with van der Waals surface area (Å²) in [6, 6.07) is 12.2. The van der Waals surface area contributed by atoms with Crippen LogP contribution in [0.5, 0.6) is 11.5 Å². The molecule has 2 rings (SSSR count). The Labute approximate surface area is 131 Å². The number of benzene rings is 2. The molecule has 3 nitrogen and oxygen atoms in total. The maximum Gasteiger partial charge on any atom is 0.308 e. The zero-order valence-corrected chi connectivity index (χ0v) is 13.8. The SMILES string of the molecule is COc1ccc(C(C)c2ccc(OC(C)=O)c(C)c2)cc1C. The molecule has 0 saturated carbocycles. The van der Waals surface area contributed by atoms with Gasteiger partial charge in [-0.15, -0.1) is 0 Å². The van der Waals surface area contributed by atoms with Crippen molar-refractivity contribution in [1.82, 2.24) is 0 Å². The van der Waals surface area contributed by atoms with Crippen molar-refractivity contribution in [3.05, 3.63) is 58.7 Å². The molecule has 2 aromatic rings. The zero-order valence-electron chi connectivity index (χ0n) is 13.8. The highest BCUT2D eigenvalue weighted by molar-refractivity contribution is 5.69. The zero-order chi connectivity index (χ0) is 16.3. The first kappa shape index (κ1) is 16.1. The molecule has 22 heavy (non-hydrogen) atoms. The van der Waals surface area contributed by atoms with Gasteiger partial charge in [-0.25, -0.2) is 0 Å². The molecule has 3 heteroatoms. The van der Waals surface area contributed by atoms with E-state index in [1.165, 1.54) is 18.1 Å². The van der Waals surface area contributed by atoms with Gasteiger partial charge in [0.05, 0.1) is 7.11 Å². The summed E-state index contributed by atoms with van der Waals surface area (Å²) < 4.78 is 10.5. The second-order valence-corrected chi connectivity index (χ2v) is 5.57. The lowest BCUT2D eigenvalue weighted by molar-refractivity contribution is -0.131. The van der Waals surface area contributed by atoms with E-state index in [2.05, 4.69) is 25.1 Å². The van der Waals surface area contributed by atoms with Gasteiger partial charge in [0, 0.05) is 12.8 Å². The van der Waals surface area contributed by atoms with Crippen molar-refractivity contribution in [1.29, 1.82) is 0 Å². The number of esters is 1. The molecule has 0 aliphatic rings. The second kappa shape index (κ2) is 6.65. The Hall–Kier alpha value is -2.29. The monoisotopic (exact) mass is 298 g/mol. The summed E-state index contributed by atoms with van der Waals surface area (Å²) in [5.74, 6) is 1.48. The number of aryl methyl sites for hydroxylation is 2. The summed E-state index contributed by atoms with van der Waals surface area (Å²) >= 11 is 0. The summed E-state index contributed by atoms with van der Waals surface area (Å²) in [5, 5.41) is 0. The van der Waals surface area contributed by atoms with Gasteiger partial charge >= 0.3 is 5.97 Å². The molecular weight excluding hydrogens is 276 g/mol. The lowest BCUT2D eigenvalue weighted by atomic mass is 9.91. The molecule has 0 heterocycles. The van der Waals surface area contributed by atoms with E-state index >= 15 is 0 Å². The Morgan fingerprint density at radius 1 is 0.955 bits per heavy atom. The van der Waals surface area contributed by atoms with Crippen molar-refractivity contribution in [3.8, 4) is 11.5 Å². The summed E-state index contributed by atoms with van der Waals surface area (Å²) in [6.45, 7) is 7.58. The van der Waals surface area contributed by atoms with Crippen LogP contribution in [0.2, 0.25) is 0 Å². The van der Waals surface area contributed by atoms with Crippen molar-refractivity contribution in [2.24, 2.45) is 0 Å². The molecule has 0 spiro atoms. The van der Waals surface area contributed by atoms with Gasteiger partial charge in [0.15, 0.2) is 0 Å². The van der Waals surface area contributed by atoms with E-state index < -0.39 is 0 Å². The Kier molecular flexibility index (Phi) is 4.86. The van der Waals surface area contributed by atoms with Gasteiger partial charge in [-0.3, -0.25) is 4.79 Å². The summed E-state index contributed by atoms with van der Waals surface area (Å²) in [7, 11) is 1.68. The summed E-state index contributed by atoms with van der Waals surface area (Å²) in [6.07, 6.45) is 0. The standard InChI is InChI=1S/C19H22O3/c1-12-10-16(6-8-18(12)21-5)14(3)17-7-9-19(13(2)11-17)22-15(4)20/h6-11,14H,1-5H3. The molecule has 2 aromatic carbocycles. The van der Waals surface area contributed by atoms with E-state index in [0.717, 1.165) is 16.9 Å². The fraction of sp³-hybridized carbons (Fsp3) is 0.316. The van der Waals surface area contributed by atoms with Crippen LogP contribution in [0.15, 0.2) is 36.4 Å². The Balaban J connectivity index is 2.29. The molecule has 0 aliphatic carbocycles. The minimum atomic E-state index is -0.297. The number of carbonyl (C=O) groups excluding carboxylic acids is 1. The maximum atomic E-state index is 11.1. The lowest BCUT2D eigenvalue weighted by Gasteiger charge is -2.16. The number of hydrogen-bond donors (Lipinski definition) is 0. The van der Waals surface area contributed by atoms with E-state index in [0.29, 0.717) is 5.75 Å². The topological polar surface area (TPSA) is 35.5 Å². The molecule has 0 aliphatic heterocycles. The van der Waals surface area contributed by atoms with Gasteiger partial charge in [-0.2, -0.15) is 0 Å². The molecule has 0 amide bonds. The van der Waals surface area contributed by atoms with Crippen molar-refractivity contribution < 1.29 is 14.3 Å². The summed E-state index contributed by atoms with van der Waals surface area (Å²) in [4.78, 5) is 11.1. The predicted octanol–water partition coefficient (Wildman–Crippen LogP) is 4.39. The third-order valence-electron chi connectivity index (χ3n) is 3.87. The van der Waals surface area contributed by atoms with Crippen LogP contribution in [0.4, 0.5) is 0 Å². The average molecular weight is 298 g/mol. The fourth-order valence-corrected chi connectivity index (χ4v) is 2.57. The molecule has 0 aromatic heterocycles. The molecule has 0 saturated heterocycles. The third-order valence-corrected chi connectivity index (χ3v) is 3.87. The number of ether oxygens (including phenoxy) is 2. The second-order valence-electron chi connectivity index (χ2n) is 5.57. The number of carbonyl (C=O) groups is 1. The van der Waals surface area contributed by atoms with E-state index in [9.17, 15) is 4.79 Å². The van der Waals surface area contributed by atoms with Gasteiger partial charge in [0.25, 0.3) is 0 Å². The summed E-state index contributed by atoms with van der Waals surface area (Å²) in [5.41, 5.74) is 4.51. The minimum Gasteiger partial charge on any atom is -0.496 e. The van der Waals surface area contributed by atoms with Crippen LogP contribution in [-0.4, -0.2) is 13.1 Å². The van der Waals surface area contributed by atoms with Crippen LogP contribution in [-0.2, 0) is 4.79 Å². The average Bonchev–Trinajstić information content (AvgIpc) is 2.48. The lowest BCUT2D eigenvalue weighted by Crippen LogP contribution is -2.04. The Morgan fingerprint density at radius 2 is 1.45 bits per heavy atom. The first-order valence-electron chi connectivity index (χ1n) is 7.36. The molecule has 0 N–H and O–H groups in total. The van der Waals surface area contributed by atoms with Crippen LogP contribution in [0.3, 0.4) is 0 Å². The van der Waals surface area contributed by atoms with Crippen LogP contribution in [0.1, 0.15) is 42.0 Å². The van der Waals surface area contributed by atoms with Crippen molar-refractivity contribution in [2.45, 2.75) is 33.6 Å². The van der Waals surface area contributed by atoms with Crippen molar-refractivity contribution in [2.75, 3.05) is 7.11 Å². The van der Waals surface area contributed by atoms with Gasteiger partial charge in [-0.05, 0) is 48.2 Å². The van der Waals surface area contributed by atoms with E-state index in [1.54, 1.807) is 7.11 Å². The highest BCUT2D eigenvalue weighted by Gasteiger charge is 2.12. The fourth-order valence-electron chi connectivity index (χ4n) is 2.57. The highest BCUT2D eigenvalue weighted by atomic mass is 16.5. The van der Waals surface area contributed by atoms with Gasteiger partial charge < -0.3 is 9.47 Å². The van der Waals surface area contributed by atoms with Gasteiger partial charge in [0.2, 0.25) is 0 Å². The first-order chi connectivity index (χ1) is 10.4. The highest BCUT2D eigenvalue weighted by Crippen LogP contribution is 2.30. The van der Waals surface area contributed by atoms with Crippen molar-refractivity contribution >= 4 is 5.97 Å². The number of hydrogen-bond acceptors (Lipinski definition) is 3. The molecule has 0 radical (unpaired) electrons. The minimum absolute atomic E-state index is 0.259. The predicted molar refractivity (Wildman–Crippen MR) is 87.7 cm³/mol. The third kappa shape index (κ3) is 3.48. The van der Waals surface area contributed by atoms with Crippen LogP contribution >= 0.6 is 0 Å². The number of methoxy groups -OCH3 is 1. The van der Waals surface area contributed by atoms with Crippen molar-refractivity contribution in [3.63, 3.8) is 0 Å². The van der Waals surface area contributed by atoms with Gasteiger partial charge in [-0.1, -0.05) is 31.2 Å². The van der Waals surface area contributed by atoms with E-state index in [-0.39, 0.29) is 11.9 Å². The van der Waals surface area contributed by atoms with Crippen LogP contribution in [0.25, 0.3) is 0 Å². The molecule has 1 unspecified atom stereocenters. The smallest absolute Gasteiger partial charge is 0.308 e. The van der Waals surface area contributed by atoms with E-state index in [4.69, 9.17) is 9.47 Å². The van der Waals surface area contributed by atoms with Gasteiger partial charge in [0.1, 0.15) is 11.5 Å². The molecule has 0 bridgehead atoms. The number of rotatable bonds is 4. The molecular formula is C19H22O3.